The van der Waals surface area contributed by atoms with Crippen molar-refractivity contribution in [2.45, 2.75) is 32.6 Å². The topological polar surface area (TPSA) is 178 Å². The molecule has 0 aromatic heterocycles. The molecule has 0 aliphatic rings. The Hall–Kier alpha value is -3.21. The van der Waals surface area contributed by atoms with Crippen LogP contribution in [0.1, 0.15) is 48.5 Å². The Labute approximate surface area is 203 Å². The first kappa shape index (κ1) is 30.8. The number of likely N-dealkylation sites (N-methyl/N-ethyl adjacent to an activating group) is 1. The molecule has 34 heavy (non-hydrogen) atoms. The van der Waals surface area contributed by atoms with E-state index in [1.807, 2.05) is 14.1 Å². The van der Waals surface area contributed by atoms with Crippen molar-refractivity contribution in [1.29, 1.82) is 0 Å². The summed E-state index contributed by atoms with van der Waals surface area (Å²) in [5.74, 6) is 4.72. The predicted molar refractivity (Wildman–Crippen MR) is 140 cm³/mol. The highest BCUT2D eigenvalue weighted by Crippen LogP contribution is 2.07. The van der Waals surface area contributed by atoms with Gasteiger partial charge in [-0.25, -0.2) is 0 Å². The molecular formula is C24H42N8O2. The number of hydrazine groups is 1. The molecule has 0 aliphatic carbocycles. The maximum Gasteiger partial charge on any atom is 0.249 e. The Morgan fingerprint density at radius 1 is 1.12 bits per heavy atom. The number of nitrogens with one attached hydrogen (secondary N) is 2. The van der Waals surface area contributed by atoms with E-state index in [9.17, 15) is 9.59 Å². The molecule has 1 aromatic carbocycles. The Balaban J connectivity index is 0.000000770. The van der Waals surface area contributed by atoms with Gasteiger partial charge in [0.1, 0.15) is 5.84 Å². The fraction of sp³-hybridized carbons (Fsp3) is 0.458. The van der Waals surface area contributed by atoms with Crippen LogP contribution in [0.15, 0.2) is 53.2 Å². The number of primary amides is 1. The summed E-state index contributed by atoms with van der Waals surface area (Å²) in [7, 11) is 4.10. The van der Waals surface area contributed by atoms with Gasteiger partial charge in [-0.05, 0) is 37.9 Å². The molecule has 1 aromatic rings. The van der Waals surface area contributed by atoms with E-state index in [1.165, 1.54) is 5.70 Å². The van der Waals surface area contributed by atoms with Gasteiger partial charge in [0.25, 0.3) is 0 Å². The van der Waals surface area contributed by atoms with Crippen molar-refractivity contribution >= 4 is 17.6 Å². The number of carbonyl (C=O) groups is 2. The van der Waals surface area contributed by atoms with E-state index in [2.05, 4.69) is 45.8 Å². The molecule has 10 heteroatoms. The van der Waals surface area contributed by atoms with Crippen molar-refractivity contribution in [3.8, 4) is 0 Å². The number of hydrogen-bond acceptors (Lipinski definition) is 7. The zero-order valence-electron chi connectivity index (χ0n) is 20.7. The zero-order valence-corrected chi connectivity index (χ0v) is 20.7. The maximum atomic E-state index is 11.3. The molecule has 0 spiro atoms. The Morgan fingerprint density at radius 3 is 2.35 bits per heavy atom. The highest BCUT2D eigenvalue weighted by Gasteiger charge is 2.09. The maximum absolute atomic E-state index is 11.3. The van der Waals surface area contributed by atoms with Crippen LogP contribution in [0.5, 0.6) is 0 Å². The van der Waals surface area contributed by atoms with Gasteiger partial charge in [-0.3, -0.25) is 25.8 Å². The van der Waals surface area contributed by atoms with Gasteiger partial charge >= 0.3 is 0 Å². The van der Waals surface area contributed by atoms with Gasteiger partial charge in [-0.2, -0.15) is 0 Å². The number of amides is 2. The molecule has 0 aliphatic heterocycles. The van der Waals surface area contributed by atoms with E-state index in [4.69, 9.17) is 23.0 Å². The number of allylic oxidation sites excluding steroid dienone is 2. The summed E-state index contributed by atoms with van der Waals surface area (Å²) in [4.78, 5) is 28.9. The van der Waals surface area contributed by atoms with Gasteiger partial charge in [0.15, 0.2) is 0 Å². The van der Waals surface area contributed by atoms with Crippen LogP contribution in [0.3, 0.4) is 0 Å². The summed E-state index contributed by atoms with van der Waals surface area (Å²) in [5, 5.41) is 2.74. The summed E-state index contributed by atoms with van der Waals surface area (Å²) in [6.07, 6.45) is 9.43. The van der Waals surface area contributed by atoms with E-state index >= 15 is 0 Å². The number of amidine groups is 1. The summed E-state index contributed by atoms with van der Waals surface area (Å²) in [5.41, 5.74) is 21.1. The Bertz CT molecular complexity index is 819. The van der Waals surface area contributed by atoms with Crippen molar-refractivity contribution in [3.63, 3.8) is 0 Å². The second-order valence-corrected chi connectivity index (χ2v) is 7.50. The van der Waals surface area contributed by atoms with Crippen LogP contribution in [0, 0.1) is 0 Å². The van der Waals surface area contributed by atoms with Crippen molar-refractivity contribution in [3.05, 3.63) is 59.3 Å². The van der Waals surface area contributed by atoms with Gasteiger partial charge in [0, 0.05) is 57.0 Å². The molecule has 1 rings (SSSR count). The third-order valence-electron chi connectivity index (χ3n) is 4.46. The molecule has 0 heterocycles. The fourth-order valence-electron chi connectivity index (χ4n) is 2.70. The van der Waals surface area contributed by atoms with Crippen molar-refractivity contribution in [2.24, 2.45) is 28.0 Å². The fourth-order valence-corrected chi connectivity index (χ4v) is 2.70. The predicted octanol–water partition coefficient (Wildman–Crippen LogP) is 0.597. The highest BCUT2D eigenvalue weighted by molar-refractivity contribution is 6.08. The molecule has 0 unspecified atom stereocenters. The summed E-state index contributed by atoms with van der Waals surface area (Å²) >= 11 is 0. The molecule has 0 radical (unpaired) electrons. The molecule has 10 N–H and O–H groups in total. The lowest BCUT2D eigenvalue weighted by Gasteiger charge is -2.13. The molecule has 2 amide bonds. The molecule has 0 fully saturated rings. The summed E-state index contributed by atoms with van der Waals surface area (Å²) in [6, 6.07) is 6.77. The lowest BCUT2D eigenvalue weighted by atomic mass is 10.1. The second-order valence-electron chi connectivity index (χ2n) is 7.50. The number of hydrogen-bond donors (Lipinski definition) is 6. The number of carbonyl (C=O) groups excluding carboxylic acids is 2. The van der Waals surface area contributed by atoms with Gasteiger partial charge in [0.2, 0.25) is 11.8 Å². The third-order valence-corrected chi connectivity index (χ3v) is 4.46. The van der Waals surface area contributed by atoms with Gasteiger partial charge < -0.3 is 27.4 Å². The third kappa shape index (κ3) is 14.0. The number of rotatable bonds is 14. The lowest BCUT2D eigenvalue weighted by molar-refractivity contribution is -0.121. The van der Waals surface area contributed by atoms with Crippen LogP contribution in [0.25, 0.3) is 0 Å². The highest BCUT2D eigenvalue weighted by atomic mass is 16.1. The molecule has 10 nitrogen and oxygen atoms in total. The van der Waals surface area contributed by atoms with Gasteiger partial charge in [-0.15, -0.1) is 0 Å². The van der Waals surface area contributed by atoms with Crippen molar-refractivity contribution in [1.82, 2.24) is 15.6 Å². The molecule has 0 bridgehead atoms. The van der Waals surface area contributed by atoms with Gasteiger partial charge in [0.05, 0.1) is 0 Å². The minimum Gasteiger partial charge on any atom is -0.383 e. The van der Waals surface area contributed by atoms with Crippen LogP contribution in [0.4, 0.5) is 0 Å². The standard InChI is InChI=1S/C14H22N6O2.C10H20N2/c15-13(10-4-1-2-5-11(10)14(16)22)19-8-3-7-18-12(21)6-9-20-17;1-4-7-10(12(2)3)8-5-6-9-11/h1-2,4-5,20H,3,6-9,17H2,(H2,15,19)(H2,16,22)(H,18,21);5,7-8H,4,6,9,11H2,1-3H3/b;8-5-,10-7+. The summed E-state index contributed by atoms with van der Waals surface area (Å²) < 4.78 is 0. The Kier molecular flexibility index (Phi) is 17.5. The van der Waals surface area contributed by atoms with Crippen LogP contribution in [-0.4, -0.2) is 62.8 Å². The average molecular weight is 475 g/mol. The van der Waals surface area contributed by atoms with E-state index in [1.54, 1.807) is 24.3 Å². The molecule has 0 atom stereocenters. The Morgan fingerprint density at radius 2 is 1.79 bits per heavy atom. The van der Waals surface area contributed by atoms with E-state index < -0.39 is 5.91 Å². The minimum atomic E-state index is -0.547. The number of aliphatic imine (C=N–C) groups is 1. The average Bonchev–Trinajstić information content (AvgIpc) is 2.82. The van der Waals surface area contributed by atoms with Gasteiger partial charge in [-0.1, -0.05) is 37.3 Å². The normalized spacial score (nSPS) is 11.7. The zero-order chi connectivity index (χ0) is 25.8. The SMILES string of the molecule is CC/C=C(\C=C/CCN)N(C)C.NNCCC(=O)NCCCN=C(N)c1ccccc1C(N)=O. The largest absolute Gasteiger partial charge is 0.383 e. The first-order chi connectivity index (χ1) is 16.3. The molecule has 190 valence electrons. The monoisotopic (exact) mass is 474 g/mol. The summed E-state index contributed by atoms with van der Waals surface area (Å²) in [6.45, 7) is 4.23. The lowest BCUT2D eigenvalue weighted by Crippen LogP contribution is -2.31. The van der Waals surface area contributed by atoms with Crippen molar-refractivity contribution < 1.29 is 9.59 Å². The minimum absolute atomic E-state index is 0.0750. The van der Waals surface area contributed by atoms with Crippen molar-refractivity contribution in [2.75, 3.05) is 40.3 Å². The first-order valence-corrected chi connectivity index (χ1v) is 11.4. The van der Waals surface area contributed by atoms with Crippen LogP contribution in [-0.2, 0) is 4.79 Å². The molecule has 0 saturated heterocycles. The van der Waals surface area contributed by atoms with E-state index in [0.29, 0.717) is 43.6 Å². The quantitative estimate of drug-likeness (QED) is 0.0570. The van der Waals surface area contributed by atoms with E-state index in [-0.39, 0.29) is 11.7 Å². The second kappa shape index (κ2) is 19.3. The number of benzene rings is 1. The first-order valence-electron chi connectivity index (χ1n) is 11.4. The number of nitrogens with two attached hydrogens (primary N) is 4. The van der Waals surface area contributed by atoms with Crippen LogP contribution >= 0.6 is 0 Å². The molecular weight excluding hydrogens is 432 g/mol. The van der Waals surface area contributed by atoms with E-state index in [0.717, 1.165) is 19.4 Å². The van der Waals surface area contributed by atoms with Crippen LogP contribution < -0.4 is 33.8 Å². The molecule has 0 saturated carbocycles. The number of nitrogens with zero attached hydrogens (tertiary/aromatic N) is 2. The smallest absolute Gasteiger partial charge is 0.249 e. The van der Waals surface area contributed by atoms with Crippen LogP contribution in [0.2, 0.25) is 0 Å².